The average Bonchev–Trinajstić information content (AvgIpc) is 2.67. The van der Waals surface area contributed by atoms with Gasteiger partial charge in [-0.2, -0.15) is 0 Å². The topological polar surface area (TPSA) is 86.2 Å². The van der Waals surface area contributed by atoms with Gasteiger partial charge in [-0.3, -0.25) is 10.0 Å². The smallest absolute Gasteiger partial charge is 0.267 e. The van der Waals surface area contributed by atoms with E-state index in [4.69, 9.17) is 24.2 Å². The number of carbonyl (C=O) groups excluding carboxylic acids is 1. The van der Waals surface area contributed by atoms with Gasteiger partial charge in [-0.1, -0.05) is 0 Å². The van der Waals surface area contributed by atoms with E-state index in [1.807, 2.05) is 0 Å². The van der Waals surface area contributed by atoms with Crippen molar-refractivity contribution in [3.05, 3.63) is 54.1 Å². The summed E-state index contributed by atoms with van der Waals surface area (Å²) in [6.07, 6.45) is 2.69. The molecule has 0 spiro atoms. The zero-order valence-electron chi connectivity index (χ0n) is 13.9. The predicted octanol–water partition coefficient (Wildman–Crippen LogP) is 2.64. The Labute approximate surface area is 145 Å². The highest BCUT2D eigenvalue weighted by Gasteiger charge is 2.05. The summed E-state index contributed by atoms with van der Waals surface area (Å²) in [6.45, 7) is -0.0352. The highest BCUT2D eigenvalue weighted by molar-refractivity contribution is 5.91. The van der Waals surface area contributed by atoms with Crippen LogP contribution in [-0.4, -0.2) is 32.1 Å². The molecule has 0 aromatic heterocycles. The van der Waals surface area contributed by atoms with Crippen LogP contribution in [0.5, 0.6) is 23.0 Å². The Morgan fingerprint density at radius 2 is 1.64 bits per heavy atom. The van der Waals surface area contributed by atoms with Crippen LogP contribution in [0.1, 0.15) is 5.56 Å². The number of ether oxygens (including phenoxy) is 4. The van der Waals surface area contributed by atoms with Gasteiger partial charge in [-0.15, -0.1) is 0 Å². The van der Waals surface area contributed by atoms with Crippen molar-refractivity contribution in [2.75, 3.05) is 21.0 Å². The third-order valence-electron chi connectivity index (χ3n) is 3.24. The zero-order chi connectivity index (χ0) is 18.1. The molecule has 2 rings (SSSR count). The first-order chi connectivity index (χ1) is 12.2. The third kappa shape index (κ3) is 5.43. The maximum absolute atomic E-state index is 11.1. The lowest BCUT2D eigenvalue weighted by atomic mass is 10.1. The monoisotopic (exact) mass is 345 g/mol. The van der Waals surface area contributed by atoms with Gasteiger partial charge in [-0.05, 0) is 42.5 Å². The summed E-state index contributed by atoms with van der Waals surface area (Å²) in [5.74, 6) is 1.78. The van der Waals surface area contributed by atoms with Crippen molar-refractivity contribution >= 4 is 12.0 Å². The number of hydrogen-bond donors (Lipinski definition) is 2. The molecule has 1 amide bonds. The molecule has 0 aliphatic heterocycles. The predicted molar refractivity (Wildman–Crippen MR) is 91.1 cm³/mol. The Bertz CT molecular complexity index is 727. The van der Waals surface area contributed by atoms with Gasteiger partial charge in [0.25, 0.3) is 5.91 Å². The van der Waals surface area contributed by atoms with Crippen LogP contribution in [-0.2, 0) is 4.79 Å². The van der Waals surface area contributed by atoms with Gasteiger partial charge in [-0.25, -0.2) is 5.48 Å². The van der Waals surface area contributed by atoms with E-state index in [0.717, 1.165) is 5.75 Å². The molecule has 2 aromatic rings. The van der Waals surface area contributed by atoms with Crippen LogP contribution in [0.2, 0.25) is 0 Å². The number of methoxy groups -OCH3 is 2. The second-order valence-corrected chi connectivity index (χ2v) is 4.80. The minimum absolute atomic E-state index is 0.0352. The van der Waals surface area contributed by atoms with E-state index < -0.39 is 5.91 Å². The molecule has 7 nitrogen and oxygen atoms in total. The molecule has 7 heteroatoms. The van der Waals surface area contributed by atoms with E-state index in [2.05, 4.69) is 0 Å². The van der Waals surface area contributed by atoms with E-state index in [0.29, 0.717) is 22.8 Å². The van der Waals surface area contributed by atoms with E-state index >= 15 is 0 Å². The first-order valence-corrected chi connectivity index (χ1v) is 7.36. The van der Waals surface area contributed by atoms with E-state index in [9.17, 15) is 4.79 Å². The second kappa shape index (κ2) is 9.19. The van der Waals surface area contributed by atoms with Crippen LogP contribution in [0.3, 0.4) is 0 Å². The van der Waals surface area contributed by atoms with Crippen LogP contribution in [0, 0.1) is 0 Å². The quantitative estimate of drug-likeness (QED) is 0.331. The molecule has 0 saturated carbocycles. The Kier molecular flexibility index (Phi) is 6.67. The number of nitrogens with one attached hydrogen (secondary N) is 1. The standard InChI is InChI=1S/C18H19NO6/c1-22-14-6-8-15(9-7-14)24-12-25-17-11-16(23-2)5-3-13(17)4-10-18(20)19-21/h3-11,21H,12H2,1-2H3,(H,19,20)/b10-4+. The molecule has 0 saturated heterocycles. The van der Waals surface area contributed by atoms with Crippen molar-refractivity contribution in [2.45, 2.75) is 0 Å². The molecule has 0 unspecified atom stereocenters. The van der Waals surface area contributed by atoms with E-state index in [1.165, 1.54) is 17.6 Å². The Hall–Kier alpha value is -3.19. The molecular weight excluding hydrogens is 326 g/mol. The average molecular weight is 345 g/mol. The summed E-state index contributed by atoms with van der Waals surface area (Å²) in [6, 6.07) is 12.2. The highest BCUT2D eigenvalue weighted by Crippen LogP contribution is 2.26. The number of rotatable bonds is 8. The highest BCUT2D eigenvalue weighted by atomic mass is 16.7. The number of hydroxylamine groups is 1. The third-order valence-corrected chi connectivity index (χ3v) is 3.24. The number of hydrogen-bond acceptors (Lipinski definition) is 6. The molecule has 0 bridgehead atoms. The van der Waals surface area contributed by atoms with Crippen LogP contribution in [0.4, 0.5) is 0 Å². The largest absolute Gasteiger partial charge is 0.497 e. The lowest BCUT2D eigenvalue weighted by Crippen LogP contribution is -2.14. The van der Waals surface area contributed by atoms with E-state index in [1.54, 1.807) is 56.7 Å². The summed E-state index contributed by atoms with van der Waals surface area (Å²) in [5.41, 5.74) is 2.15. The summed E-state index contributed by atoms with van der Waals surface area (Å²) in [7, 11) is 3.13. The van der Waals surface area contributed by atoms with Crippen LogP contribution < -0.4 is 24.4 Å². The van der Waals surface area contributed by atoms with Crippen LogP contribution >= 0.6 is 0 Å². The first kappa shape index (κ1) is 18.2. The van der Waals surface area contributed by atoms with Gasteiger partial charge in [0.15, 0.2) is 0 Å². The lowest BCUT2D eigenvalue weighted by Gasteiger charge is -2.12. The maximum atomic E-state index is 11.1. The minimum atomic E-state index is -0.642. The number of amides is 1. The summed E-state index contributed by atoms with van der Waals surface area (Å²) in [4.78, 5) is 11.1. The Morgan fingerprint density at radius 1 is 1.00 bits per heavy atom. The molecule has 2 N–H and O–H groups in total. The molecule has 0 aliphatic rings. The lowest BCUT2D eigenvalue weighted by molar-refractivity contribution is -0.124. The first-order valence-electron chi connectivity index (χ1n) is 7.36. The van der Waals surface area contributed by atoms with Gasteiger partial charge >= 0.3 is 0 Å². The fourth-order valence-electron chi connectivity index (χ4n) is 1.94. The van der Waals surface area contributed by atoms with Gasteiger partial charge < -0.3 is 18.9 Å². The minimum Gasteiger partial charge on any atom is -0.497 e. The van der Waals surface area contributed by atoms with Crippen LogP contribution in [0.15, 0.2) is 48.5 Å². The number of carbonyl (C=O) groups is 1. The molecule has 0 radical (unpaired) electrons. The fraction of sp³-hybridized carbons (Fsp3) is 0.167. The van der Waals surface area contributed by atoms with Crippen molar-refractivity contribution in [1.82, 2.24) is 5.48 Å². The summed E-state index contributed by atoms with van der Waals surface area (Å²) in [5, 5.41) is 8.54. The molecular formula is C18H19NO6. The molecule has 0 heterocycles. The van der Waals surface area contributed by atoms with Gasteiger partial charge in [0.05, 0.1) is 14.2 Å². The molecule has 132 valence electrons. The molecule has 0 fully saturated rings. The van der Waals surface area contributed by atoms with Crippen LogP contribution in [0.25, 0.3) is 6.08 Å². The molecule has 0 aliphatic carbocycles. The van der Waals surface area contributed by atoms with Crippen molar-refractivity contribution in [3.63, 3.8) is 0 Å². The normalized spacial score (nSPS) is 10.4. The van der Waals surface area contributed by atoms with Crippen molar-refractivity contribution in [2.24, 2.45) is 0 Å². The SMILES string of the molecule is COc1ccc(OCOc2cc(OC)ccc2/C=C/C(=O)NO)cc1. The fourth-order valence-corrected chi connectivity index (χ4v) is 1.94. The second-order valence-electron chi connectivity index (χ2n) is 4.80. The van der Waals surface area contributed by atoms with Crippen molar-refractivity contribution in [3.8, 4) is 23.0 Å². The van der Waals surface area contributed by atoms with Crippen molar-refractivity contribution in [1.29, 1.82) is 0 Å². The van der Waals surface area contributed by atoms with E-state index in [-0.39, 0.29) is 6.79 Å². The maximum Gasteiger partial charge on any atom is 0.267 e. The van der Waals surface area contributed by atoms with Gasteiger partial charge in [0.2, 0.25) is 6.79 Å². The summed E-state index contributed by atoms with van der Waals surface area (Å²) < 4.78 is 21.4. The zero-order valence-corrected chi connectivity index (χ0v) is 13.9. The van der Waals surface area contributed by atoms with Crippen molar-refractivity contribution < 1.29 is 28.9 Å². The van der Waals surface area contributed by atoms with Gasteiger partial charge in [0, 0.05) is 17.7 Å². The van der Waals surface area contributed by atoms with Gasteiger partial charge in [0.1, 0.15) is 23.0 Å². The molecule has 25 heavy (non-hydrogen) atoms. The number of benzene rings is 2. The Morgan fingerprint density at radius 3 is 2.28 bits per heavy atom. The summed E-state index contributed by atoms with van der Waals surface area (Å²) >= 11 is 0. The molecule has 2 aromatic carbocycles. The Balaban J connectivity index is 2.05. The molecule has 0 atom stereocenters.